The predicted molar refractivity (Wildman–Crippen MR) is 80.3 cm³/mol. The zero-order valence-corrected chi connectivity index (χ0v) is 13.1. The van der Waals surface area contributed by atoms with E-state index in [4.69, 9.17) is 5.73 Å². The molecule has 1 aliphatic rings. The number of nitrogen functional groups attached to an aromatic ring is 1. The van der Waals surface area contributed by atoms with Crippen molar-refractivity contribution in [3.63, 3.8) is 0 Å². The standard InChI is InChI=1S/C13H19BrN2O2S/c14-12-7-6-11(15)8-13(12)19(17,18)16-9-10-4-2-1-3-5-10/h6-8,10,16H,1-5,9,15H2. The molecule has 1 aromatic rings. The molecule has 0 unspecified atom stereocenters. The summed E-state index contributed by atoms with van der Waals surface area (Å²) in [5.41, 5.74) is 6.10. The van der Waals surface area contributed by atoms with Gasteiger partial charge in [-0.25, -0.2) is 13.1 Å². The largest absolute Gasteiger partial charge is 0.399 e. The molecule has 0 saturated heterocycles. The van der Waals surface area contributed by atoms with E-state index in [-0.39, 0.29) is 4.90 Å². The van der Waals surface area contributed by atoms with Gasteiger partial charge in [0.1, 0.15) is 0 Å². The summed E-state index contributed by atoms with van der Waals surface area (Å²) in [6.45, 7) is 0.517. The van der Waals surface area contributed by atoms with Crippen LogP contribution in [0.4, 0.5) is 5.69 Å². The van der Waals surface area contributed by atoms with Gasteiger partial charge in [0.2, 0.25) is 10.0 Å². The number of benzene rings is 1. The van der Waals surface area contributed by atoms with E-state index in [9.17, 15) is 8.42 Å². The summed E-state index contributed by atoms with van der Waals surface area (Å²) in [4.78, 5) is 0.211. The zero-order valence-electron chi connectivity index (χ0n) is 10.7. The van der Waals surface area contributed by atoms with Gasteiger partial charge in [-0.05, 0) is 52.9 Å². The monoisotopic (exact) mass is 346 g/mol. The molecule has 106 valence electrons. The lowest BCUT2D eigenvalue weighted by molar-refractivity contribution is 0.357. The molecule has 0 heterocycles. The lowest BCUT2D eigenvalue weighted by atomic mass is 9.90. The number of nitrogens with one attached hydrogen (secondary N) is 1. The van der Waals surface area contributed by atoms with Crippen molar-refractivity contribution in [1.29, 1.82) is 0 Å². The summed E-state index contributed by atoms with van der Waals surface area (Å²) in [5, 5.41) is 0. The maximum absolute atomic E-state index is 12.3. The summed E-state index contributed by atoms with van der Waals surface area (Å²) in [7, 11) is -3.49. The van der Waals surface area contributed by atoms with Crippen LogP contribution in [0.25, 0.3) is 0 Å². The van der Waals surface area contributed by atoms with Crippen molar-refractivity contribution in [2.24, 2.45) is 5.92 Å². The molecular formula is C13H19BrN2O2S. The van der Waals surface area contributed by atoms with E-state index in [0.29, 0.717) is 22.6 Å². The fourth-order valence-corrected chi connectivity index (χ4v) is 4.54. The number of rotatable bonds is 4. The van der Waals surface area contributed by atoms with E-state index in [1.54, 1.807) is 12.1 Å². The Kier molecular flexibility index (Phi) is 4.86. The molecule has 1 aliphatic carbocycles. The third kappa shape index (κ3) is 3.94. The summed E-state index contributed by atoms with van der Waals surface area (Å²) in [6, 6.07) is 4.81. The molecule has 19 heavy (non-hydrogen) atoms. The van der Waals surface area contributed by atoms with Gasteiger partial charge >= 0.3 is 0 Å². The quantitative estimate of drug-likeness (QED) is 0.823. The molecule has 3 N–H and O–H groups in total. The van der Waals surface area contributed by atoms with Crippen LogP contribution in [-0.2, 0) is 10.0 Å². The van der Waals surface area contributed by atoms with Crippen LogP contribution < -0.4 is 10.5 Å². The maximum atomic E-state index is 12.3. The Morgan fingerprint density at radius 2 is 1.95 bits per heavy atom. The molecule has 0 radical (unpaired) electrons. The average molecular weight is 347 g/mol. The second-order valence-corrected chi connectivity index (χ2v) is 7.64. The van der Waals surface area contributed by atoms with E-state index in [1.165, 1.54) is 25.3 Å². The highest BCUT2D eigenvalue weighted by Crippen LogP contribution is 2.26. The molecule has 0 amide bonds. The fourth-order valence-electron chi connectivity index (χ4n) is 2.42. The van der Waals surface area contributed by atoms with Crippen molar-refractivity contribution in [1.82, 2.24) is 4.72 Å². The Bertz CT molecular complexity index is 540. The zero-order chi connectivity index (χ0) is 13.9. The van der Waals surface area contributed by atoms with Crippen molar-refractivity contribution in [3.05, 3.63) is 22.7 Å². The van der Waals surface area contributed by atoms with Crippen molar-refractivity contribution >= 4 is 31.6 Å². The summed E-state index contributed by atoms with van der Waals surface area (Å²) >= 11 is 3.26. The van der Waals surface area contributed by atoms with Crippen LogP contribution in [0.5, 0.6) is 0 Å². The minimum atomic E-state index is -3.49. The van der Waals surface area contributed by atoms with Gasteiger partial charge in [-0.3, -0.25) is 0 Å². The molecule has 0 aromatic heterocycles. The van der Waals surface area contributed by atoms with E-state index in [2.05, 4.69) is 20.7 Å². The molecule has 0 aliphatic heterocycles. The molecule has 1 aromatic carbocycles. The number of hydrogen-bond acceptors (Lipinski definition) is 3. The van der Waals surface area contributed by atoms with Crippen molar-refractivity contribution in [2.45, 2.75) is 37.0 Å². The third-order valence-electron chi connectivity index (χ3n) is 3.53. The maximum Gasteiger partial charge on any atom is 0.241 e. The highest BCUT2D eigenvalue weighted by molar-refractivity contribution is 9.10. The highest BCUT2D eigenvalue weighted by atomic mass is 79.9. The average Bonchev–Trinajstić information content (AvgIpc) is 2.40. The number of hydrogen-bond donors (Lipinski definition) is 2. The van der Waals surface area contributed by atoms with Gasteiger partial charge < -0.3 is 5.73 Å². The Hall–Kier alpha value is -0.590. The van der Waals surface area contributed by atoms with E-state index >= 15 is 0 Å². The number of nitrogens with two attached hydrogens (primary N) is 1. The molecule has 0 bridgehead atoms. The normalized spacial score (nSPS) is 17.5. The van der Waals surface area contributed by atoms with E-state index in [0.717, 1.165) is 12.8 Å². The third-order valence-corrected chi connectivity index (χ3v) is 5.95. The van der Waals surface area contributed by atoms with Gasteiger partial charge in [-0.2, -0.15) is 0 Å². The van der Waals surface area contributed by atoms with Crippen molar-refractivity contribution in [2.75, 3.05) is 12.3 Å². The molecule has 6 heteroatoms. The summed E-state index contributed by atoms with van der Waals surface area (Å²) in [5.74, 6) is 0.461. The first-order chi connectivity index (χ1) is 8.99. The van der Waals surface area contributed by atoms with Crippen LogP contribution in [0.1, 0.15) is 32.1 Å². The SMILES string of the molecule is Nc1ccc(Br)c(S(=O)(=O)NCC2CCCCC2)c1. The van der Waals surface area contributed by atoms with Gasteiger partial charge in [0.05, 0.1) is 4.90 Å². The molecule has 0 atom stereocenters. The van der Waals surface area contributed by atoms with Crippen molar-refractivity contribution in [3.8, 4) is 0 Å². The summed E-state index contributed by atoms with van der Waals surface area (Å²) in [6.07, 6.45) is 5.90. The summed E-state index contributed by atoms with van der Waals surface area (Å²) < 4.78 is 27.7. The first kappa shape index (κ1) is 14.8. The van der Waals surface area contributed by atoms with Gasteiger partial charge in [0, 0.05) is 16.7 Å². The lowest BCUT2D eigenvalue weighted by Gasteiger charge is -2.21. The van der Waals surface area contributed by atoms with Crippen molar-refractivity contribution < 1.29 is 8.42 Å². The molecule has 0 spiro atoms. The van der Waals surface area contributed by atoms with Crippen LogP contribution in [0.3, 0.4) is 0 Å². The Morgan fingerprint density at radius 1 is 1.26 bits per heavy atom. The van der Waals surface area contributed by atoms with E-state index in [1.807, 2.05) is 0 Å². The van der Waals surface area contributed by atoms with Crippen LogP contribution in [0.2, 0.25) is 0 Å². The minimum Gasteiger partial charge on any atom is -0.399 e. The fraction of sp³-hybridized carbons (Fsp3) is 0.538. The molecule has 1 saturated carbocycles. The topological polar surface area (TPSA) is 72.2 Å². The number of halogens is 1. The Balaban J connectivity index is 2.07. The predicted octanol–water partition coefficient (Wildman–Crippen LogP) is 2.89. The van der Waals surface area contributed by atoms with Gasteiger partial charge in [-0.1, -0.05) is 19.3 Å². The number of anilines is 1. The first-order valence-corrected chi connectivity index (χ1v) is 8.81. The smallest absolute Gasteiger partial charge is 0.241 e. The molecule has 4 nitrogen and oxygen atoms in total. The van der Waals surface area contributed by atoms with Crippen LogP contribution in [0, 0.1) is 5.92 Å². The molecule has 1 fully saturated rings. The van der Waals surface area contributed by atoms with Crippen LogP contribution in [-0.4, -0.2) is 15.0 Å². The second kappa shape index (κ2) is 6.24. The van der Waals surface area contributed by atoms with Gasteiger partial charge in [0.15, 0.2) is 0 Å². The van der Waals surface area contributed by atoms with Gasteiger partial charge in [0.25, 0.3) is 0 Å². The lowest BCUT2D eigenvalue weighted by Crippen LogP contribution is -2.30. The highest BCUT2D eigenvalue weighted by Gasteiger charge is 2.20. The second-order valence-electron chi connectivity index (χ2n) is 5.05. The van der Waals surface area contributed by atoms with Gasteiger partial charge in [-0.15, -0.1) is 0 Å². The Morgan fingerprint density at radius 3 is 2.63 bits per heavy atom. The first-order valence-electron chi connectivity index (χ1n) is 6.54. The van der Waals surface area contributed by atoms with E-state index < -0.39 is 10.0 Å². The molecule has 2 rings (SSSR count). The number of sulfonamides is 1. The molecular weight excluding hydrogens is 328 g/mol. The Labute approximate surface area is 122 Å². The minimum absolute atomic E-state index is 0.211. The van der Waals surface area contributed by atoms with Crippen LogP contribution in [0.15, 0.2) is 27.6 Å². The van der Waals surface area contributed by atoms with Crippen LogP contribution >= 0.6 is 15.9 Å².